The Bertz CT molecular complexity index is 1370. The predicted octanol–water partition coefficient (Wildman–Crippen LogP) is 7.02. The lowest BCUT2D eigenvalue weighted by atomic mass is 9.89. The third kappa shape index (κ3) is 5.67. The summed E-state index contributed by atoms with van der Waals surface area (Å²) in [7, 11) is 0. The molecule has 0 unspecified atom stereocenters. The van der Waals surface area contributed by atoms with Gasteiger partial charge in [0, 0.05) is 33.9 Å². The molecule has 0 spiro atoms. The first-order valence-corrected chi connectivity index (χ1v) is 13.5. The Hall–Kier alpha value is -3.70. The van der Waals surface area contributed by atoms with Gasteiger partial charge >= 0.3 is 0 Å². The molecule has 0 bridgehead atoms. The van der Waals surface area contributed by atoms with E-state index in [4.69, 9.17) is 0 Å². The molecule has 3 aromatic carbocycles. The van der Waals surface area contributed by atoms with Gasteiger partial charge in [-0.25, -0.2) is 0 Å². The number of hydrogen-bond acceptors (Lipinski definition) is 3. The zero-order valence-corrected chi connectivity index (χ0v) is 21.5. The summed E-state index contributed by atoms with van der Waals surface area (Å²) in [5, 5.41) is 4.20. The van der Waals surface area contributed by atoms with Crippen LogP contribution in [0.15, 0.2) is 79.0 Å². The number of likely N-dealkylation sites (tertiary alicyclic amines) is 1. The Balaban J connectivity index is 1.31. The van der Waals surface area contributed by atoms with Crippen LogP contribution >= 0.6 is 0 Å². The predicted molar refractivity (Wildman–Crippen MR) is 151 cm³/mol. The van der Waals surface area contributed by atoms with Crippen molar-refractivity contribution in [2.24, 2.45) is 0 Å². The van der Waals surface area contributed by atoms with E-state index in [1.54, 1.807) is 36.4 Å². The molecule has 0 aliphatic carbocycles. The molecule has 5 heteroatoms. The molecule has 5 nitrogen and oxygen atoms in total. The zero-order valence-electron chi connectivity index (χ0n) is 21.5. The van der Waals surface area contributed by atoms with Gasteiger partial charge in [-0.3, -0.25) is 9.59 Å². The minimum absolute atomic E-state index is 0.157. The number of aromatic amines is 1. The number of ketones is 1. The number of amides is 1. The van der Waals surface area contributed by atoms with Crippen LogP contribution in [-0.2, 0) is 0 Å². The highest BCUT2D eigenvalue weighted by molar-refractivity contribution is 6.17. The van der Waals surface area contributed by atoms with Crippen molar-refractivity contribution < 1.29 is 9.59 Å². The maximum Gasteiger partial charge on any atom is 0.256 e. The summed E-state index contributed by atoms with van der Waals surface area (Å²) < 4.78 is 0. The highest BCUT2D eigenvalue weighted by Gasteiger charge is 2.23. The standard InChI is InChI=1S/C32H35N3O2/c1-2-3-9-18-35-19-16-23(17-20-35)29-22-33-30-15-14-25(21-28(29)30)34-32(37)27-13-8-7-12-26(27)31(36)24-10-5-4-6-11-24/h4-8,10-15,21-23,33H,2-3,9,16-20H2,1H3,(H,34,37). The van der Waals surface area contributed by atoms with E-state index in [1.807, 2.05) is 30.3 Å². The van der Waals surface area contributed by atoms with Crippen LogP contribution < -0.4 is 5.32 Å². The Kier molecular flexibility index (Phi) is 7.81. The first kappa shape index (κ1) is 25.0. The van der Waals surface area contributed by atoms with Crippen molar-refractivity contribution in [2.45, 2.75) is 44.9 Å². The third-order valence-electron chi connectivity index (χ3n) is 7.53. The van der Waals surface area contributed by atoms with E-state index in [2.05, 4.69) is 34.4 Å². The third-order valence-corrected chi connectivity index (χ3v) is 7.53. The van der Waals surface area contributed by atoms with Gasteiger partial charge in [-0.2, -0.15) is 0 Å². The second-order valence-corrected chi connectivity index (χ2v) is 10.0. The van der Waals surface area contributed by atoms with Crippen LogP contribution in [0, 0.1) is 0 Å². The van der Waals surface area contributed by atoms with Crippen molar-refractivity contribution in [1.82, 2.24) is 9.88 Å². The summed E-state index contributed by atoms with van der Waals surface area (Å²) in [6, 6.07) is 22.1. The van der Waals surface area contributed by atoms with Crippen molar-refractivity contribution >= 4 is 28.3 Å². The number of aromatic nitrogens is 1. The van der Waals surface area contributed by atoms with E-state index in [9.17, 15) is 9.59 Å². The van der Waals surface area contributed by atoms with Gasteiger partial charge < -0.3 is 15.2 Å². The highest BCUT2D eigenvalue weighted by Crippen LogP contribution is 2.34. The van der Waals surface area contributed by atoms with Gasteiger partial charge in [-0.05, 0) is 74.6 Å². The van der Waals surface area contributed by atoms with Crippen LogP contribution in [0.4, 0.5) is 5.69 Å². The molecule has 1 aliphatic heterocycles. The van der Waals surface area contributed by atoms with Gasteiger partial charge in [0.2, 0.25) is 0 Å². The van der Waals surface area contributed by atoms with Crippen LogP contribution in [0.3, 0.4) is 0 Å². The maximum absolute atomic E-state index is 13.3. The summed E-state index contributed by atoms with van der Waals surface area (Å²) in [6.07, 6.45) is 8.32. The number of carbonyl (C=O) groups is 2. The van der Waals surface area contributed by atoms with Gasteiger partial charge in [0.15, 0.2) is 5.78 Å². The first-order chi connectivity index (χ1) is 18.1. The Morgan fingerprint density at radius 3 is 2.41 bits per heavy atom. The van der Waals surface area contributed by atoms with E-state index < -0.39 is 0 Å². The minimum atomic E-state index is -0.281. The summed E-state index contributed by atoms with van der Waals surface area (Å²) in [5.74, 6) is 0.0822. The lowest BCUT2D eigenvalue weighted by molar-refractivity contribution is 0.0996. The van der Waals surface area contributed by atoms with E-state index in [-0.39, 0.29) is 11.7 Å². The summed E-state index contributed by atoms with van der Waals surface area (Å²) in [5.41, 5.74) is 4.49. The fraction of sp³-hybridized carbons (Fsp3) is 0.312. The molecule has 2 heterocycles. The monoisotopic (exact) mass is 493 g/mol. The second-order valence-electron chi connectivity index (χ2n) is 10.0. The Morgan fingerprint density at radius 2 is 1.65 bits per heavy atom. The lowest BCUT2D eigenvalue weighted by Crippen LogP contribution is -2.33. The number of fused-ring (bicyclic) bond motifs is 1. The van der Waals surface area contributed by atoms with Crippen molar-refractivity contribution in [3.05, 3.63) is 101 Å². The van der Waals surface area contributed by atoms with E-state index in [1.165, 1.54) is 31.4 Å². The number of hydrogen-bond donors (Lipinski definition) is 2. The van der Waals surface area contributed by atoms with Gasteiger partial charge in [0.05, 0.1) is 5.56 Å². The molecule has 1 saturated heterocycles. The average Bonchev–Trinajstić information content (AvgIpc) is 3.37. The van der Waals surface area contributed by atoms with Gasteiger partial charge in [0.1, 0.15) is 0 Å². The fourth-order valence-corrected chi connectivity index (χ4v) is 5.43. The lowest BCUT2D eigenvalue weighted by Gasteiger charge is -2.32. The van der Waals surface area contributed by atoms with Crippen molar-refractivity contribution in [3.63, 3.8) is 0 Å². The number of nitrogens with one attached hydrogen (secondary N) is 2. The molecule has 190 valence electrons. The average molecular weight is 494 g/mol. The molecule has 37 heavy (non-hydrogen) atoms. The molecule has 1 aliphatic rings. The zero-order chi connectivity index (χ0) is 25.6. The van der Waals surface area contributed by atoms with Crippen LogP contribution in [-0.4, -0.2) is 41.2 Å². The van der Waals surface area contributed by atoms with E-state index in [0.717, 1.165) is 42.5 Å². The molecule has 1 amide bonds. The van der Waals surface area contributed by atoms with Crippen LogP contribution in [0.5, 0.6) is 0 Å². The van der Waals surface area contributed by atoms with Gasteiger partial charge in [-0.15, -0.1) is 0 Å². The van der Waals surface area contributed by atoms with Crippen LogP contribution in [0.2, 0.25) is 0 Å². The number of unbranched alkanes of at least 4 members (excludes halogenated alkanes) is 2. The molecule has 1 fully saturated rings. The summed E-state index contributed by atoms with van der Waals surface area (Å²) >= 11 is 0. The molecule has 1 aromatic heterocycles. The Morgan fingerprint density at radius 1 is 0.919 bits per heavy atom. The van der Waals surface area contributed by atoms with Crippen molar-refractivity contribution in [2.75, 3.05) is 25.0 Å². The smallest absolute Gasteiger partial charge is 0.256 e. The van der Waals surface area contributed by atoms with Crippen molar-refractivity contribution in [1.29, 1.82) is 0 Å². The number of carbonyl (C=O) groups excluding carboxylic acids is 2. The van der Waals surface area contributed by atoms with Crippen LogP contribution in [0.1, 0.15) is 76.8 Å². The fourth-order valence-electron chi connectivity index (χ4n) is 5.43. The molecular weight excluding hydrogens is 458 g/mol. The SMILES string of the molecule is CCCCCN1CCC(c2c[nH]c3ccc(NC(=O)c4ccccc4C(=O)c4ccccc4)cc23)CC1. The number of rotatable bonds is 9. The number of piperidine rings is 1. The molecule has 0 radical (unpaired) electrons. The van der Waals surface area contributed by atoms with Crippen molar-refractivity contribution in [3.8, 4) is 0 Å². The van der Waals surface area contributed by atoms with E-state index >= 15 is 0 Å². The second kappa shape index (κ2) is 11.6. The summed E-state index contributed by atoms with van der Waals surface area (Å²) in [6.45, 7) is 5.75. The molecule has 0 atom stereocenters. The van der Waals surface area contributed by atoms with E-state index in [0.29, 0.717) is 22.6 Å². The van der Waals surface area contributed by atoms with Gasteiger partial charge in [0.25, 0.3) is 5.91 Å². The maximum atomic E-state index is 13.3. The van der Waals surface area contributed by atoms with Crippen LogP contribution in [0.25, 0.3) is 10.9 Å². The normalized spacial score (nSPS) is 14.6. The minimum Gasteiger partial charge on any atom is -0.361 e. The first-order valence-electron chi connectivity index (χ1n) is 13.5. The topological polar surface area (TPSA) is 65.2 Å². The number of benzene rings is 3. The number of H-pyrrole nitrogens is 1. The number of anilines is 1. The molecule has 2 N–H and O–H groups in total. The quantitative estimate of drug-likeness (QED) is 0.194. The summed E-state index contributed by atoms with van der Waals surface area (Å²) in [4.78, 5) is 32.4. The Labute approximate surface area is 218 Å². The highest BCUT2D eigenvalue weighted by atomic mass is 16.2. The number of nitrogens with zero attached hydrogens (tertiary/aromatic N) is 1. The molecule has 4 aromatic rings. The molecular formula is C32H35N3O2. The largest absolute Gasteiger partial charge is 0.361 e. The molecule has 5 rings (SSSR count). The molecule has 0 saturated carbocycles. The van der Waals surface area contributed by atoms with Gasteiger partial charge in [-0.1, -0.05) is 68.3 Å².